The zero-order valence-electron chi connectivity index (χ0n) is 15.1. The van der Waals surface area contributed by atoms with E-state index in [2.05, 4.69) is 5.32 Å². The Hall–Kier alpha value is -2.83. The van der Waals surface area contributed by atoms with Crippen LogP contribution in [0.5, 0.6) is 5.75 Å². The van der Waals surface area contributed by atoms with Crippen molar-refractivity contribution < 1.29 is 24.2 Å². The number of carbonyl (C=O) groups excluding carboxylic acids is 2. The molecule has 1 aromatic rings. The first-order valence-corrected chi connectivity index (χ1v) is 9.20. The minimum absolute atomic E-state index is 0.0287. The topological polar surface area (TPSA) is 95.9 Å². The molecule has 4 rings (SSSR count). The molecule has 2 aliphatic carbocycles. The molecule has 0 aromatic heterocycles. The van der Waals surface area contributed by atoms with Gasteiger partial charge in [-0.2, -0.15) is 0 Å². The number of hydrogen-bond acceptors (Lipinski definition) is 4. The van der Waals surface area contributed by atoms with E-state index >= 15 is 0 Å². The molecule has 0 radical (unpaired) electrons. The lowest BCUT2D eigenvalue weighted by Gasteiger charge is -2.24. The molecule has 1 saturated heterocycles. The van der Waals surface area contributed by atoms with E-state index in [1.165, 1.54) is 7.11 Å². The zero-order chi connectivity index (χ0) is 19.1. The van der Waals surface area contributed by atoms with Crippen molar-refractivity contribution in [3.8, 4) is 5.75 Å². The normalized spacial score (nSPS) is 28.6. The smallest absolute Gasteiger partial charge is 0.307 e. The lowest BCUT2D eigenvalue weighted by Crippen LogP contribution is -2.36. The maximum absolute atomic E-state index is 12.9. The molecular weight excluding hydrogens is 348 g/mol. The van der Waals surface area contributed by atoms with Gasteiger partial charge in [0.05, 0.1) is 24.6 Å². The summed E-state index contributed by atoms with van der Waals surface area (Å²) in [6, 6.07) is 5.14. The zero-order valence-corrected chi connectivity index (χ0v) is 15.1. The number of fused-ring (bicyclic) bond motifs is 2. The van der Waals surface area contributed by atoms with Gasteiger partial charge in [0.15, 0.2) is 0 Å². The molecule has 2 amide bonds. The molecule has 4 atom stereocenters. The number of aliphatic carboxylic acids is 1. The van der Waals surface area contributed by atoms with Gasteiger partial charge >= 0.3 is 5.97 Å². The number of carboxylic acid groups (broad SMARTS) is 1. The van der Waals surface area contributed by atoms with Gasteiger partial charge in [0.1, 0.15) is 5.75 Å². The van der Waals surface area contributed by atoms with Gasteiger partial charge in [-0.3, -0.25) is 14.4 Å². The number of hydrogen-bond donors (Lipinski definition) is 2. The molecule has 2 fully saturated rings. The van der Waals surface area contributed by atoms with Crippen molar-refractivity contribution in [2.45, 2.75) is 19.3 Å². The number of benzene rings is 1. The van der Waals surface area contributed by atoms with Crippen molar-refractivity contribution in [1.29, 1.82) is 0 Å². The Kier molecular flexibility index (Phi) is 4.37. The van der Waals surface area contributed by atoms with E-state index in [0.29, 0.717) is 36.5 Å². The quantitative estimate of drug-likeness (QED) is 0.775. The predicted octanol–water partition coefficient (Wildman–Crippen LogP) is 2.28. The number of amides is 2. The highest BCUT2D eigenvalue weighted by Gasteiger charge is 2.51. The summed E-state index contributed by atoms with van der Waals surface area (Å²) in [6.45, 7) is 0.616. The minimum Gasteiger partial charge on any atom is -0.495 e. The summed E-state index contributed by atoms with van der Waals surface area (Å²) in [4.78, 5) is 38.2. The third-order valence-electron chi connectivity index (χ3n) is 5.86. The van der Waals surface area contributed by atoms with E-state index in [1.54, 1.807) is 23.1 Å². The van der Waals surface area contributed by atoms with Crippen LogP contribution in [0.3, 0.4) is 0 Å². The van der Waals surface area contributed by atoms with Gasteiger partial charge < -0.3 is 20.1 Å². The second-order valence-electron chi connectivity index (χ2n) is 7.36. The summed E-state index contributed by atoms with van der Waals surface area (Å²) in [5, 5.41) is 12.4. The molecule has 7 nitrogen and oxygen atoms in total. The molecule has 1 aromatic carbocycles. The van der Waals surface area contributed by atoms with Crippen LogP contribution in [-0.2, 0) is 14.4 Å². The minimum atomic E-state index is -0.926. The average molecular weight is 370 g/mol. The second kappa shape index (κ2) is 6.72. The molecule has 3 aliphatic rings. The van der Waals surface area contributed by atoms with Gasteiger partial charge in [-0.05, 0) is 42.9 Å². The first-order valence-electron chi connectivity index (χ1n) is 9.20. The summed E-state index contributed by atoms with van der Waals surface area (Å²) in [7, 11) is 1.54. The Labute approximate surface area is 157 Å². The van der Waals surface area contributed by atoms with Crippen molar-refractivity contribution in [1.82, 2.24) is 0 Å². The number of ether oxygens (including phenoxy) is 1. The van der Waals surface area contributed by atoms with Gasteiger partial charge in [-0.1, -0.05) is 12.2 Å². The number of allylic oxidation sites excluding steroid dienone is 2. The van der Waals surface area contributed by atoms with E-state index in [1.807, 2.05) is 12.2 Å². The molecule has 2 bridgehead atoms. The van der Waals surface area contributed by atoms with Crippen LogP contribution in [0.2, 0.25) is 0 Å². The van der Waals surface area contributed by atoms with Gasteiger partial charge in [-0.15, -0.1) is 0 Å². The number of nitrogens with one attached hydrogen (secondary N) is 1. The lowest BCUT2D eigenvalue weighted by molar-refractivity contribution is -0.146. The van der Waals surface area contributed by atoms with Crippen LogP contribution in [-0.4, -0.2) is 36.5 Å². The van der Waals surface area contributed by atoms with Crippen molar-refractivity contribution in [3.05, 3.63) is 30.4 Å². The van der Waals surface area contributed by atoms with E-state index < -0.39 is 17.8 Å². The number of carbonyl (C=O) groups is 3. The first-order chi connectivity index (χ1) is 13.0. The Balaban J connectivity index is 1.57. The fourth-order valence-electron chi connectivity index (χ4n) is 4.62. The lowest BCUT2D eigenvalue weighted by atomic mass is 9.82. The van der Waals surface area contributed by atoms with Crippen LogP contribution < -0.4 is 15.0 Å². The molecule has 2 N–H and O–H groups in total. The molecule has 1 heterocycles. The predicted molar refractivity (Wildman–Crippen MR) is 98.6 cm³/mol. The van der Waals surface area contributed by atoms with Crippen LogP contribution in [0.4, 0.5) is 11.4 Å². The summed E-state index contributed by atoms with van der Waals surface area (Å²) < 4.78 is 5.36. The third kappa shape index (κ3) is 2.97. The number of nitrogens with zero attached hydrogens (tertiary/aromatic N) is 1. The SMILES string of the molecule is COc1ccc(NC(=O)[C@@H]2[C@H](C(=O)O)[C@H]3C=C[C@H]2C3)cc1N1CCCC1=O. The molecule has 1 saturated carbocycles. The Morgan fingerprint density at radius 2 is 1.96 bits per heavy atom. The summed E-state index contributed by atoms with van der Waals surface area (Å²) >= 11 is 0. The fourth-order valence-corrected chi connectivity index (χ4v) is 4.62. The van der Waals surface area contributed by atoms with Crippen LogP contribution in [0, 0.1) is 23.7 Å². The van der Waals surface area contributed by atoms with Crippen LogP contribution in [0.15, 0.2) is 30.4 Å². The highest BCUT2D eigenvalue weighted by atomic mass is 16.5. The van der Waals surface area contributed by atoms with Crippen LogP contribution in [0.25, 0.3) is 0 Å². The molecule has 0 unspecified atom stereocenters. The molecule has 27 heavy (non-hydrogen) atoms. The van der Waals surface area contributed by atoms with E-state index in [9.17, 15) is 19.5 Å². The molecule has 0 spiro atoms. The van der Waals surface area contributed by atoms with E-state index in [4.69, 9.17) is 4.74 Å². The van der Waals surface area contributed by atoms with Gasteiger partial charge in [0.25, 0.3) is 0 Å². The van der Waals surface area contributed by atoms with Crippen molar-refractivity contribution in [3.63, 3.8) is 0 Å². The maximum atomic E-state index is 12.9. The highest BCUT2D eigenvalue weighted by molar-refractivity contribution is 6.00. The van der Waals surface area contributed by atoms with Crippen molar-refractivity contribution in [2.24, 2.45) is 23.7 Å². The van der Waals surface area contributed by atoms with Gasteiger partial charge in [0.2, 0.25) is 11.8 Å². The molecular formula is C20H22N2O5. The van der Waals surface area contributed by atoms with E-state index in [-0.39, 0.29) is 23.7 Å². The Morgan fingerprint density at radius 1 is 1.22 bits per heavy atom. The van der Waals surface area contributed by atoms with Crippen molar-refractivity contribution >= 4 is 29.2 Å². The first kappa shape index (κ1) is 17.6. The average Bonchev–Trinajstić information content (AvgIpc) is 3.36. The van der Waals surface area contributed by atoms with E-state index in [0.717, 1.165) is 6.42 Å². The second-order valence-corrected chi connectivity index (χ2v) is 7.36. The monoisotopic (exact) mass is 370 g/mol. The largest absolute Gasteiger partial charge is 0.495 e. The number of methoxy groups -OCH3 is 1. The third-order valence-corrected chi connectivity index (χ3v) is 5.86. The summed E-state index contributed by atoms with van der Waals surface area (Å²) in [6.07, 6.45) is 5.87. The Bertz CT molecular complexity index is 834. The van der Waals surface area contributed by atoms with Crippen LogP contribution in [0.1, 0.15) is 19.3 Å². The standard InChI is InChI=1S/C20H22N2O5/c1-27-15-7-6-13(10-14(15)22-8-2-3-16(22)23)21-19(24)17-11-4-5-12(9-11)18(17)20(25)26/h4-7,10-12,17-18H,2-3,8-9H2,1H3,(H,21,24)(H,25,26)/t11-,12-,17-,18+/m0/s1. The summed E-state index contributed by atoms with van der Waals surface area (Å²) in [5.74, 6) is -1.98. The molecule has 142 valence electrons. The maximum Gasteiger partial charge on any atom is 0.307 e. The Morgan fingerprint density at radius 3 is 2.59 bits per heavy atom. The van der Waals surface area contributed by atoms with Gasteiger partial charge in [0, 0.05) is 18.7 Å². The number of anilines is 2. The molecule has 1 aliphatic heterocycles. The highest BCUT2D eigenvalue weighted by Crippen LogP contribution is 2.48. The summed E-state index contributed by atoms with van der Waals surface area (Å²) in [5.41, 5.74) is 1.16. The van der Waals surface area contributed by atoms with Crippen molar-refractivity contribution in [2.75, 3.05) is 23.9 Å². The number of carboxylic acids is 1. The molecule has 7 heteroatoms. The van der Waals surface area contributed by atoms with Crippen LogP contribution >= 0.6 is 0 Å². The van der Waals surface area contributed by atoms with Gasteiger partial charge in [-0.25, -0.2) is 0 Å². The fraction of sp³-hybridized carbons (Fsp3) is 0.450. The number of rotatable bonds is 5.